The first kappa shape index (κ1) is 35.0. The molecule has 6 aromatic carbocycles. The quantitative estimate of drug-likeness (QED) is 0.164. The van der Waals surface area contributed by atoms with Crippen LogP contribution in [0.3, 0.4) is 0 Å². The molecule has 1 saturated carbocycles. The zero-order chi connectivity index (χ0) is 39.4. The number of anilines is 5. The van der Waals surface area contributed by atoms with E-state index in [9.17, 15) is 0 Å². The van der Waals surface area contributed by atoms with Gasteiger partial charge in [-0.2, -0.15) is 0 Å². The van der Waals surface area contributed by atoms with Gasteiger partial charge in [0.15, 0.2) is 5.58 Å². The zero-order valence-electron chi connectivity index (χ0n) is 35.1. The van der Waals surface area contributed by atoms with Crippen molar-refractivity contribution in [2.24, 2.45) is 0 Å². The Hall–Kier alpha value is -5.22. The van der Waals surface area contributed by atoms with Gasteiger partial charge in [-0.15, -0.1) is 0 Å². The molecular weight excluding hydrogens is 691 g/mol. The molecule has 0 amide bonds. The average molecular weight is 745 g/mol. The molecule has 1 fully saturated rings. The molecule has 4 heteroatoms. The third-order valence-corrected chi connectivity index (χ3v) is 14.7. The molecule has 4 aliphatic rings. The Labute approximate surface area is 338 Å². The predicted octanol–water partition coefficient (Wildman–Crippen LogP) is 12.5. The van der Waals surface area contributed by atoms with Crippen molar-refractivity contribution < 1.29 is 4.42 Å². The summed E-state index contributed by atoms with van der Waals surface area (Å²) in [6.45, 7) is 21.7. The van der Waals surface area contributed by atoms with E-state index in [4.69, 9.17) is 4.42 Å². The predicted molar refractivity (Wildman–Crippen MR) is 243 cm³/mol. The van der Waals surface area contributed by atoms with E-state index in [0.29, 0.717) is 0 Å². The first-order chi connectivity index (χ1) is 27.2. The average Bonchev–Trinajstić information content (AvgIpc) is 3.66. The third kappa shape index (κ3) is 4.62. The first-order valence-electron chi connectivity index (χ1n) is 21.3. The molecule has 0 radical (unpaired) electrons. The molecule has 0 bridgehead atoms. The molecule has 7 aromatic rings. The smallest absolute Gasteiger partial charge is 0.252 e. The normalized spacial score (nSPS) is 20.8. The fourth-order valence-electron chi connectivity index (χ4n) is 11.5. The van der Waals surface area contributed by atoms with Crippen LogP contribution in [-0.2, 0) is 16.2 Å². The molecular formula is C53H53BN2O. The highest BCUT2D eigenvalue weighted by Crippen LogP contribution is 2.62. The van der Waals surface area contributed by atoms with E-state index in [-0.39, 0.29) is 28.5 Å². The fraction of sp³-hybridized carbons (Fsp3) is 0.321. The molecule has 3 aliphatic heterocycles. The van der Waals surface area contributed by atoms with Gasteiger partial charge in [0.2, 0.25) is 0 Å². The zero-order valence-corrected chi connectivity index (χ0v) is 35.1. The molecule has 284 valence electrons. The van der Waals surface area contributed by atoms with Crippen molar-refractivity contribution in [3.63, 3.8) is 0 Å². The monoisotopic (exact) mass is 744 g/mol. The second-order valence-corrected chi connectivity index (χ2v) is 20.2. The van der Waals surface area contributed by atoms with Crippen LogP contribution in [0.5, 0.6) is 0 Å². The Balaban J connectivity index is 1.31. The van der Waals surface area contributed by atoms with Gasteiger partial charge in [0.1, 0.15) is 5.58 Å². The van der Waals surface area contributed by atoms with E-state index >= 15 is 0 Å². The lowest BCUT2D eigenvalue weighted by Crippen LogP contribution is -2.64. The molecule has 11 rings (SSSR count). The summed E-state index contributed by atoms with van der Waals surface area (Å²) in [7, 11) is 0. The summed E-state index contributed by atoms with van der Waals surface area (Å²) in [6, 6.07) is 41.8. The van der Waals surface area contributed by atoms with Crippen LogP contribution in [0.4, 0.5) is 28.4 Å². The molecule has 3 nitrogen and oxygen atoms in total. The SMILES string of the molecule is Cc1cc2c3c(c1)N1c4c(cc(C(C)(C)C)cc4C4(C)CCCCC14C)B3c1ccc3c(oc4ccccc43)c1N2c1ccc(C(C)(C)C)cc1-c1ccccc1. The lowest BCUT2D eigenvalue weighted by molar-refractivity contribution is 0.195. The van der Waals surface area contributed by atoms with Crippen LogP contribution in [0.15, 0.2) is 114 Å². The topological polar surface area (TPSA) is 19.6 Å². The number of benzene rings is 6. The van der Waals surface area contributed by atoms with Crippen molar-refractivity contribution in [2.75, 3.05) is 9.80 Å². The number of nitrogens with zero attached hydrogens (tertiary/aromatic N) is 2. The Bertz CT molecular complexity index is 2840. The minimum atomic E-state index is -0.0390. The Kier molecular flexibility index (Phi) is 7.04. The van der Waals surface area contributed by atoms with Gasteiger partial charge in [0.05, 0.1) is 16.9 Å². The summed E-state index contributed by atoms with van der Waals surface area (Å²) in [4.78, 5) is 5.46. The Morgan fingerprint density at radius 2 is 1.35 bits per heavy atom. The highest BCUT2D eigenvalue weighted by Gasteiger charge is 2.61. The van der Waals surface area contributed by atoms with Crippen LogP contribution in [0.25, 0.3) is 33.1 Å². The molecule has 1 aliphatic carbocycles. The molecule has 2 atom stereocenters. The van der Waals surface area contributed by atoms with Crippen LogP contribution >= 0.6 is 0 Å². The van der Waals surface area contributed by atoms with Crippen molar-refractivity contribution in [1.82, 2.24) is 0 Å². The number of aryl methyl sites for hydroxylation is 1. The summed E-state index contributed by atoms with van der Waals surface area (Å²) in [5.74, 6) is 0. The maximum Gasteiger partial charge on any atom is 0.252 e. The fourth-order valence-corrected chi connectivity index (χ4v) is 11.5. The molecule has 0 spiro atoms. The Morgan fingerprint density at radius 3 is 2.12 bits per heavy atom. The largest absolute Gasteiger partial charge is 0.454 e. The highest BCUT2D eigenvalue weighted by atomic mass is 16.3. The highest BCUT2D eigenvalue weighted by molar-refractivity contribution is 7.00. The van der Waals surface area contributed by atoms with E-state index in [0.717, 1.165) is 27.6 Å². The molecule has 57 heavy (non-hydrogen) atoms. The minimum absolute atomic E-state index is 0.00235. The standard InChI is InChI=1S/C53H53BN2O/c1-32-27-43-46-44(28-32)56-47-39(52(8)25-15-16-26-53(52,56)9)30-35(51(5,6)7)31-41(47)54(46)40-23-22-37-36-19-13-14-20-45(36)57-49(37)48(40)55(43)42-24-21-34(50(2,3)4)29-38(42)33-17-11-10-12-18-33/h10-14,17-24,27-31H,15-16,25-26H2,1-9H3. The summed E-state index contributed by atoms with van der Waals surface area (Å²) in [5, 5.41) is 2.32. The lowest BCUT2D eigenvalue weighted by Gasteiger charge is -2.52. The molecule has 2 unspecified atom stereocenters. The summed E-state index contributed by atoms with van der Waals surface area (Å²) in [6.07, 6.45) is 4.93. The van der Waals surface area contributed by atoms with Crippen molar-refractivity contribution in [3.8, 4) is 11.1 Å². The second kappa shape index (κ2) is 11.5. The van der Waals surface area contributed by atoms with Gasteiger partial charge in [-0.3, -0.25) is 0 Å². The summed E-state index contributed by atoms with van der Waals surface area (Å²) >= 11 is 0. The van der Waals surface area contributed by atoms with Gasteiger partial charge < -0.3 is 14.2 Å². The lowest BCUT2D eigenvalue weighted by atomic mass is 9.33. The second-order valence-electron chi connectivity index (χ2n) is 20.2. The molecule has 4 heterocycles. The van der Waals surface area contributed by atoms with Gasteiger partial charge in [-0.25, -0.2) is 0 Å². The minimum Gasteiger partial charge on any atom is -0.454 e. The maximum atomic E-state index is 7.09. The molecule has 0 N–H and O–H groups in total. The number of hydrogen-bond donors (Lipinski definition) is 0. The van der Waals surface area contributed by atoms with E-state index in [1.54, 1.807) is 5.56 Å². The summed E-state index contributed by atoms with van der Waals surface area (Å²) < 4.78 is 7.09. The van der Waals surface area contributed by atoms with E-state index < -0.39 is 0 Å². The molecule has 1 aromatic heterocycles. The number of para-hydroxylation sites is 1. The maximum absolute atomic E-state index is 7.09. The summed E-state index contributed by atoms with van der Waals surface area (Å²) in [5.41, 5.74) is 20.6. The number of rotatable bonds is 2. The van der Waals surface area contributed by atoms with Crippen molar-refractivity contribution in [1.29, 1.82) is 0 Å². The van der Waals surface area contributed by atoms with Gasteiger partial charge in [0.25, 0.3) is 6.71 Å². The van der Waals surface area contributed by atoms with Crippen LogP contribution < -0.4 is 26.2 Å². The van der Waals surface area contributed by atoms with E-state index in [2.05, 4.69) is 181 Å². The van der Waals surface area contributed by atoms with Crippen molar-refractivity contribution in [2.45, 2.75) is 110 Å². The van der Waals surface area contributed by atoms with Gasteiger partial charge >= 0.3 is 0 Å². The number of furan rings is 1. The third-order valence-electron chi connectivity index (χ3n) is 14.7. The van der Waals surface area contributed by atoms with Crippen molar-refractivity contribution >= 4 is 73.5 Å². The molecule has 0 saturated heterocycles. The first-order valence-corrected chi connectivity index (χ1v) is 21.3. The van der Waals surface area contributed by atoms with Gasteiger partial charge in [0, 0.05) is 38.8 Å². The van der Waals surface area contributed by atoms with Crippen LogP contribution in [-0.4, -0.2) is 12.3 Å². The van der Waals surface area contributed by atoms with Gasteiger partial charge in [-0.05, 0) is 112 Å². The Morgan fingerprint density at radius 1 is 0.632 bits per heavy atom. The van der Waals surface area contributed by atoms with E-state index in [1.807, 2.05) is 0 Å². The van der Waals surface area contributed by atoms with Crippen LogP contribution in [0.2, 0.25) is 0 Å². The number of hydrogen-bond acceptors (Lipinski definition) is 3. The van der Waals surface area contributed by atoms with E-state index in [1.165, 1.54) is 92.6 Å². The van der Waals surface area contributed by atoms with Gasteiger partial charge in [-0.1, -0.05) is 140 Å². The van der Waals surface area contributed by atoms with Crippen molar-refractivity contribution in [3.05, 3.63) is 131 Å². The number of fused-ring (bicyclic) bond motifs is 11. The van der Waals surface area contributed by atoms with Crippen LogP contribution in [0, 0.1) is 6.92 Å². The van der Waals surface area contributed by atoms with Crippen LogP contribution in [0.1, 0.15) is 103 Å².